The van der Waals surface area contributed by atoms with Crippen molar-refractivity contribution in [3.05, 3.63) is 59.7 Å². The summed E-state index contributed by atoms with van der Waals surface area (Å²) >= 11 is 0. The topological polar surface area (TPSA) is 622 Å². The molecule has 0 spiro atoms. The van der Waals surface area contributed by atoms with Crippen molar-refractivity contribution in [1.82, 2.24) is 16.0 Å². The van der Waals surface area contributed by atoms with Gasteiger partial charge in [-0.1, -0.05) is 56.0 Å². The molecule has 3 amide bonds. The summed E-state index contributed by atoms with van der Waals surface area (Å²) in [7, 11) is 0. The molecule has 6 saturated heterocycles. The summed E-state index contributed by atoms with van der Waals surface area (Å²) in [6.45, 7) is -0.337. The molecule has 2 aromatic carbocycles. The van der Waals surface area contributed by atoms with E-state index in [0.29, 0.717) is 0 Å². The first-order valence-corrected chi connectivity index (χ1v) is 31.2. The van der Waals surface area contributed by atoms with Crippen LogP contribution in [0.4, 0.5) is 4.79 Å². The Labute approximate surface area is 578 Å². The second-order valence-electron chi connectivity index (χ2n) is 23.4. The smallest absolute Gasteiger partial charge is 0.407 e. The lowest BCUT2D eigenvalue weighted by Crippen LogP contribution is -2.69. The minimum Gasteiger partial charge on any atom is -0.449 e. The van der Waals surface area contributed by atoms with Crippen LogP contribution in [-0.4, -0.2) is 346 Å². The molecular weight excluding hydrogens is 1380 g/mol. The van der Waals surface area contributed by atoms with E-state index >= 15 is 0 Å². The molecule has 6 fully saturated rings. The minimum atomic E-state index is -1.98. The molecule has 19 N–H and O–H groups in total. The highest BCUT2D eigenvalue weighted by Crippen LogP contribution is 2.45. The third-order valence-electron chi connectivity index (χ3n) is 16.8. The molecule has 9 rings (SSSR count). The minimum absolute atomic E-state index is 0. The number of benzene rings is 2. The van der Waals surface area contributed by atoms with E-state index in [1.54, 1.807) is 0 Å². The van der Waals surface area contributed by atoms with Crippen LogP contribution in [0.25, 0.3) is 11.1 Å². The van der Waals surface area contributed by atoms with Gasteiger partial charge in [-0.25, -0.2) is 4.79 Å². The highest BCUT2D eigenvalue weighted by Gasteiger charge is 2.58. The number of alkyl carbamates (subject to hydrolysis) is 1. The average Bonchev–Trinajstić information content (AvgIpc) is 1.38. The fourth-order valence-corrected chi connectivity index (χ4v) is 12.0. The lowest BCUT2D eigenvalue weighted by molar-refractivity contribution is -0.389. The molecule has 0 radical (unpaired) electrons. The number of nitrogens with one attached hydrogen (secondary N) is 3. The Hall–Kier alpha value is -6.55. The number of ether oxygens (including phenoxy) is 17. The van der Waals surface area contributed by atoms with Crippen LogP contribution < -0.4 is 21.7 Å². The normalized spacial score (nSPS) is 38.7. The number of hydrogen-bond acceptors (Lipinski definition) is 39. The van der Waals surface area contributed by atoms with E-state index in [1.165, 1.54) is 0 Å². The first kappa shape index (κ1) is 82.7. The van der Waals surface area contributed by atoms with Crippen molar-refractivity contribution in [2.45, 2.75) is 212 Å². The molecule has 2 aromatic rings. The molecule has 6 heterocycles. The SMILES string of the molecule is C.CC(=O)NC1[C@@H](O[C@@H]2C(OC=O)O[C@@H](OCCN)C(O)[C@H]2O)OC(CO)[C@@H](O[C@@H]2OC(OC=O)[C@@H](O)[C@H](O)C2O)[C@@H]1O.CC(=O)NC1[C@@H](O[C@@H]2C(OC=O)O[C@@H](OCCNC(=O)OCC3c4ccccc4-c4ccccc43)C(O)[C@H]2O)OC(CO)[C@@H](O[C@@H]2OC(OC=O)[C@@H](O)[C@H](O)C2O)[C@@H]1O. The van der Waals surface area contributed by atoms with Crippen molar-refractivity contribution < 1.29 is 186 Å². The summed E-state index contributed by atoms with van der Waals surface area (Å²) in [4.78, 5) is 81.1. The van der Waals surface area contributed by atoms with Crippen molar-refractivity contribution in [3.63, 3.8) is 0 Å². The Bertz CT molecular complexity index is 2960. The number of fused-ring (bicyclic) bond motifs is 3. The van der Waals surface area contributed by atoms with Crippen LogP contribution in [0.1, 0.15) is 38.3 Å². The summed E-state index contributed by atoms with van der Waals surface area (Å²) in [6.07, 6.45) is -50.9. The van der Waals surface area contributed by atoms with Gasteiger partial charge in [0, 0.05) is 32.9 Å². The van der Waals surface area contributed by atoms with E-state index in [4.69, 9.17) is 76.8 Å². The van der Waals surface area contributed by atoms with Crippen molar-refractivity contribution in [2.24, 2.45) is 5.73 Å². The van der Waals surface area contributed by atoms with Gasteiger partial charge in [-0.05, 0) is 22.3 Å². The maximum atomic E-state index is 12.6. The quantitative estimate of drug-likeness (QED) is 0.0204. The number of hydrogen-bond donors (Lipinski definition) is 18. The largest absolute Gasteiger partial charge is 0.449 e. The predicted octanol–water partition coefficient (Wildman–Crippen LogP) is -10.1. The van der Waals surface area contributed by atoms with Gasteiger partial charge in [0.05, 0.1) is 26.4 Å². The first-order valence-electron chi connectivity index (χ1n) is 31.2. The Morgan fingerprint density at radius 3 is 1.18 bits per heavy atom. The third kappa shape index (κ3) is 19.3. The summed E-state index contributed by atoms with van der Waals surface area (Å²) in [6, 6.07) is 12.5. The molecule has 7 aliphatic rings. The number of carbonyl (C=O) groups is 7. The Morgan fingerprint density at radius 1 is 0.441 bits per heavy atom. The summed E-state index contributed by atoms with van der Waals surface area (Å²) in [5.74, 6) is -1.64. The van der Waals surface area contributed by atoms with Gasteiger partial charge in [0.25, 0.3) is 25.9 Å². The standard InChI is InChI=1S/C37H46N2O20.C22H36N2O18.CH4/c1-16(43)39-23-24(44)30(56-35-28(48)25(45)27(47)34(58-35)53-14-41)22(12-40)55-32(23)57-31-26(46)29(49)33(59-36(31)54-15-42)51-11-10-38-37(50)52-13-21-19-8-4-2-6-17(19)18-7-3-5-9-20(18)21;1-7(28)24-9-10(29)16(39-21-14(33)11(30)13(32)20(41-21)36-5-26)8(4-25)38-18(9)40-17-12(31)15(34)19(35-3-2-23)42-22(17)37-6-27;/h2-9,14-15,21-36,40,44-49H,10-13H2,1H3,(H,38,50)(H,39,43);5-6,8-22,25,29-34H,2-4,23H2,1H3,(H,24,28);1H4/t22?,23?,24-,25+,26-,27+,28?,29?,30-,31+,32-,33-,34?,35-,36?;8?,9?,10-,11+,12-,13+,14?,15?,16-,17+,18-,19-,20?,21-,22?;/m11./s1. The highest BCUT2D eigenvalue weighted by atomic mass is 16.8. The average molecular weight is 1470 g/mol. The zero-order valence-electron chi connectivity index (χ0n) is 53.4. The van der Waals surface area contributed by atoms with Gasteiger partial charge in [-0.2, -0.15) is 0 Å². The number of nitrogens with two attached hydrogens (primary N) is 1. The van der Waals surface area contributed by atoms with Crippen LogP contribution in [0.2, 0.25) is 0 Å². The van der Waals surface area contributed by atoms with Crippen LogP contribution in [0.5, 0.6) is 0 Å². The molecular formula is C60H86N4O38. The molecule has 574 valence electrons. The van der Waals surface area contributed by atoms with E-state index in [1.807, 2.05) is 48.5 Å². The molecule has 42 heteroatoms. The second kappa shape index (κ2) is 38.5. The summed E-state index contributed by atoms with van der Waals surface area (Å²) in [5, 5.41) is 155. The van der Waals surface area contributed by atoms with Gasteiger partial charge < -0.3 is 174 Å². The maximum Gasteiger partial charge on any atom is 0.407 e. The van der Waals surface area contributed by atoms with Crippen molar-refractivity contribution in [1.29, 1.82) is 0 Å². The molecule has 1 aliphatic carbocycles. The summed E-state index contributed by atoms with van der Waals surface area (Å²) < 4.78 is 90.7. The monoisotopic (exact) mass is 1470 g/mol. The molecule has 102 heavy (non-hydrogen) atoms. The fraction of sp³-hybridized carbons (Fsp3) is 0.683. The van der Waals surface area contributed by atoms with Gasteiger partial charge >= 0.3 is 6.09 Å². The fourth-order valence-electron chi connectivity index (χ4n) is 12.0. The highest BCUT2D eigenvalue weighted by molar-refractivity contribution is 5.79. The van der Waals surface area contributed by atoms with Crippen LogP contribution in [0.3, 0.4) is 0 Å². The van der Waals surface area contributed by atoms with Crippen LogP contribution >= 0.6 is 0 Å². The maximum absolute atomic E-state index is 12.6. The molecule has 0 aromatic heterocycles. The molecule has 0 saturated carbocycles. The van der Waals surface area contributed by atoms with E-state index in [9.17, 15) is 105 Å². The first-order chi connectivity index (χ1) is 48.4. The van der Waals surface area contributed by atoms with Crippen LogP contribution in [0, 0.1) is 0 Å². The Kier molecular flexibility index (Phi) is 31.2. The zero-order valence-corrected chi connectivity index (χ0v) is 53.4. The van der Waals surface area contributed by atoms with Gasteiger partial charge in [0.15, 0.2) is 49.9 Å². The second-order valence-corrected chi connectivity index (χ2v) is 23.4. The number of carbonyl (C=O) groups excluding carboxylic acids is 7. The molecule has 30 atom stereocenters. The van der Waals surface area contributed by atoms with Crippen molar-refractivity contribution in [2.75, 3.05) is 46.1 Å². The predicted molar refractivity (Wildman–Crippen MR) is 322 cm³/mol. The Balaban J connectivity index is 0.000000300. The van der Waals surface area contributed by atoms with E-state index in [2.05, 4.69) is 25.4 Å². The lowest BCUT2D eigenvalue weighted by Gasteiger charge is -2.48. The number of amides is 3. The van der Waals surface area contributed by atoms with Crippen molar-refractivity contribution in [3.8, 4) is 11.1 Å². The summed E-state index contributed by atoms with van der Waals surface area (Å²) in [5.41, 5.74) is 9.55. The lowest BCUT2D eigenvalue weighted by atomic mass is 9.95. The van der Waals surface area contributed by atoms with Gasteiger partial charge in [0.2, 0.25) is 37.0 Å². The van der Waals surface area contributed by atoms with E-state index in [-0.39, 0.29) is 72.1 Å². The van der Waals surface area contributed by atoms with Gasteiger partial charge in [-0.15, -0.1) is 0 Å². The molecule has 0 bridgehead atoms. The Morgan fingerprint density at radius 2 is 0.794 bits per heavy atom. The number of aliphatic hydroxyl groups excluding tert-OH is 14. The third-order valence-corrected chi connectivity index (χ3v) is 16.8. The van der Waals surface area contributed by atoms with E-state index in [0.717, 1.165) is 36.1 Å². The molecule has 12 unspecified atom stereocenters. The molecule has 42 nitrogen and oxygen atoms in total. The van der Waals surface area contributed by atoms with Crippen LogP contribution in [0.15, 0.2) is 48.5 Å². The van der Waals surface area contributed by atoms with Crippen molar-refractivity contribution >= 4 is 43.8 Å². The number of rotatable bonds is 29. The van der Waals surface area contributed by atoms with Gasteiger partial charge in [-0.3, -0.25) is 28.8 Å². The van der Waals surface area contributed by atoms with Crippen LogP contribution in [-0.2, 0) is 109 Å². The zero-order chi connectivity index (χ0) is 73.5. The van der Waals surface area contributed by atoms with E-state index < -0.39 is 216 Å². The number of aliphatic hydroxyl groups is 14. The molecule has 6 aliphatic heterocycles. The van der Waals surface area contributed by atoms with Gasteiger partial charge in [0.1, 0.15) is 116 Å².